The Morgan fingerprint density at radius 3 is 1.23 bits per heavy atom. The third-order valence-electron chi connectivity index (χ3n) is 6.84. The molecule has 0 N–H and O–H groups in total. The molecule has 0 amide bonds. The van der Waals surface area contributed by atoms with Gasteiger partial charge in [-0.1, -0.05) is 81.1 Å². The number of aliphatic imine (C=N–C) groups is 2. The second kappa shape index (κ2) is 11.7. The van der Waals surface area contributed by atoms with E-state index in [2.05, 4.69) is 55.4 Å². The SMILES string of the molecule is CCCC1(CCC)OC(CC2=N[C@H](CC(C)C)C(CCC)(CCC)O2)=N[C@@H]1CC(C)C. The molecule has 2 heterocycles. The molecule has 0 spiro atoms. The maximum absolute atomic E-state index is 6.70. The molecule has 0 bridgehead atoms. The minimum Gasteiger partial charge on any atom is -0.472 e. The van der Waals surface area contributed by atoms with Crippen molar-refractivity contribution in [2.24, 2.45) is 21.8 Å². The zero-order valence-electron chi connectivity index (χ0n) is 21.8. The topological polar surface area (TPSA) is 43.2 Å². The zero-order chi connectivity index (χ0) is 23.1. The average molecular weight is 435 g/mol. The van der Waals surface area contributed by atoms with Gasteiger partial charge < -0.3 is 9.47 Å². The highest BCUT2D eigenvalue weighted by Gasteiger charge is 2.48. The van der Waals surface area contributed by atoms with Crippen LogP contribution in [0.1, 0.15) is 126 Å². The van der Waals surface area contributed by atoms with Gasteiger partial charge in [0.25, 0.3) is 0 Å². The Kier molecular flexibility index (Phi) is 9.89. The zero-order valence-corrected chi connectivity index (χ0v) is 21.8. The van der Waals surface area contributed by atoms with Crippen molar-refractivity contribution >= 4 is 11.8 Å². The van der Waals surface area contributed by atoms with E-state index in [-0.39, 0.29) is 23.3 Å². The molecule has 4 nitrogen and oxygen atoms in total. The fourth-order valence-corrected chi connectivity index (χ4v) is 5.78. The van der Waals surface area contributed by atoms with Crippen molar-refractivity contribution < 1.29 is 9.47 Å². The molecule has 0 radical (unpaired) electrons. The summed E-state index contributed by atoms with van der Waals surface area (Å²) in [7, 11) is 0. The lowest BCUT2D eigenvalue weighted by Gasteiger charge is -2.35. The largest absolute Gasteiger partial charge is 0.472 e. The smallest absolute Gasteiger partial charge is 0.193 e. The Morgan fingerprint density at radius 2 is 0.968 bits per heavy atom. The van der Waals surface area contributed by atoms with E-state index in [9.17, 15) is 0 Å². The van der Waals surface area contributed by atoms with Crippen molar-refractivity contribution in [3.8, 4) is 0 Å². The van der Waals surface area contributed by atoms with Crippen LogP contribution in [-0.4, -0.2) is 35.1 Å². The van der Waals surface area contributed by atoms with E-state index in [1.165, 1.54) is 0 Å². The molecule has 0 saturated carbocycles. The fraction of sp³-hybridized carbons (Fsp3) is 0.926. The van der Waals surface area contributed by atoms with Gasteiger partial charge in [0.05, 0.1) is 18.5 Å². The maximum Gasteiger partial charge on any atom is 0.193 e. The lowest BCUT2D eigenvalue weighted by atomic mass is 9.82. The fourth-order valence-electron chi connectivity index (χ4n) is 5.78. The Labute approximate surface area is 192 Å². The van der Waals surface area contributed by atoms with Crippen molar-refractivity contribution in [2.75, 3.05) is 0 Å². The summed E-state index contributed by atoms with van der Waals surface area (Å²) in [6, 6.07) is 0.513. The molecule has 0 aromatic heterocycles. The molecule has 0 fully saturated rings. The van der Waals surface area contributed by atoms with Gasteiger partial charge in [-0.3, -0.25) is 0 Å². The molecule has 0 saturated heterocycles. The van der Waals surface area contributed by atoms with E-state index < -0.39 is 0 Å². The number of hydrogen-bond acceptors (Lipinski definition) is 4. The van der Waals surface area contributed by atoms with Gasteiger partial charge in [0, 0.05) is 0 Å². The summed E-state index contributed by atoms with van der Waals surface area (Å²) in [6.45, 7) is 18.2. The first kappa shape index (κ1) is 26.2. The normalized spacial score (nSPS) is 24.3. The quantitative estimate of drug-likeness (QED) is 0.280. The van der Waals surface area contributed by atoms with Crippen LogP contribution < -0.4 is 0 Å². The van der Waals surface area contributed by atoms with Crippen molar-refractivity contribution in [2.45, 2.75) is 149 Å². The Morgan fingerprint density at radius 1 is 0.645 bits per heavy atom. The first-order valence-electron chi connectivity index (χ1n) is 13.2. The van der Waals surface area contributed by atoms with E-state index in [0.717, 1.165) is 76.0 Å². The minimum atomic E-state index is -0.135. The van der Waals surface area contributed by atoms with E-state index in [1.807, 2.05) is 0 Å². The van der Waals surface area contributed by atoms with Gasteiger partial charge in [0.2, 0.25) is 0 Å². The summed E-state index contributed by atoms with van der Waals surface area (Å²) >= 11 is 0. The van der Waals surface area contributed by atoms with Crippen LogP contribution in [0.2, 0.25) is 0 Å². The standard InChI is InChI=1S/C27H50N2O2/c1-9-13-26(14-10-2)22(17-20(5)6)28-24(30-26)19-25-29-23(18-21(7)8)27(31-25,15-11-3)16-12-4/h20-23H,9-19H2,1-8H3/t22-,23-/m1/s1. The average Bonchev–Trinajstić information content (AvgIpc) is 3.14. The summed E-state index contributed by atoms with van der Waals surface area (Å²) in [6.07, 6.45) is 11.6. The van der Waals surface area contributed by atoms with Gasteiger partial charge in [-0.2, -0.15) is 0 Å². The summed E-state index contributed by atoms with van der Waals surface area (Å²) in [4.78, 5) is 10.3. The molecule has 2 atom stereocenters. The molecule has 0 aliphatic carbocycles. The summed E-state index contributed by atoms with van der Waals surface area (Å²) in [5, 5.41) is 0. The van der Waals surface area contributed by atoms with E-state index in [1.54, 1.807) is 0 Å². The molecule has 0 aromatic carbocycles. The molecule has 180 valence electrons. The summed E-state index contributed by atoms with van der Waals surface area (Å²) in [5.41, 5.74) is -0.271. The number of ether oxygens (including phenoxy) is 2. The predicted molar refractivity (Wildman–Crippen MR) is 133 cm³/mol. The highest BCUT2D eigenvalue weighted by molar-refractivity contribution is 5.99. The van der Waals surface area contributed by atoms with Gasteiger partial charge in [-0.05, 0) is 50.4 Å². The number of nitrogens with zero attached hydrogens (tertiary/aromatic N) is 2. The van der Waals surface area contributed by atoms with E-state index in [0.29, 0.717) is 18.3 Å². The lowest BCUT2D eigenvalue weighted by molar-refractivity contribution is 0.0229. The van der Waals surface area contributed by atoms with Crippen LogP contribution in [-0.2, 0) is 9.47 Å². The minimum absolute atomic E-state index is 0.135. The van der Waals surface area contributed by atoms with Crippen molar-refractivity contribution in [1.82, 2.24) is 0 Å². The third-order valence-corrected chi connectivity index (χ3v) is 6.84. The second-order valence-electron chi connectivity index (χ2n) is 10.8. The molecular weight excluding hydrogens is 384 g/mol. The van der Waals surface area contributed by atoms with Gasteiger partial charge in [0.1, 0.15) is 11.2 Å². The van der Waals surface area contributed by atoms with Gasteiger partial charge in [-0.15, -0.1) is 0 Å². The summed E-state index contributed by atoms with van der Waals surface area (Å²) in [5.74, 6) is 2.95. The maximum atomic E-state index is 6.70. The molecule has 2 rings (SSSR count). The molecule has 4 heteroatoms. The lowest BCUT2D eigenvalue weighted by Crippen LogP contribution is -2.41. The van der Waals surface area contributed by atoms with Gasteiger partial charge in [-0.25, -0.2) is 9.98 Å². The monoisotopic (exact) mass is 434 g/mol. The van der Waals surface area contributed by atoms with Crippen molar-refractivity contribution in [3.63, 3.8) is 0 Å². The van der Waals surface area contributed by atoms with E-state index >= 15 is 0 Å². The Balaban J connectivity index is 2.24. The van der Waals surface area contributed by atoms with Gasteiger partial charge in [0.15, 0.2) is 11.8 Å². The highest BCUT2D eigenvalue weighted by atomic mass is 16.5. The van der Waals surface area contributed by atoms with Crippen molar-refractivity contribution in [1.29, 1.82) is 0 Å². The molecule has 0 unspecified atom stereocenters. The number of rotatable bonds is 14. The predicted octanol–water partition coefficient (Wildman–Crippen LogP) is 7.74. The Bertz CT molecular complexity index is 544. The number of hydrogen-bond donors (Lipinski definition) is 0. The van der Waals surface area contributed by atoms with Crippen LogP contribution in [0.5, 0.6) is 0 Å². The van der Waals surface area contributed by atoms with Crippen LogP contribution in [0.3, 0.4) is 0 Å². The van der Waals surface area contributed by atoms with Crippen LogP contribution >= 0.6 is 0 Å². The highest BCUT2D eigenvalue weighted by Crippen LogP contribution is 2.41. The van der Waals surface area contributed by atoms with Crippen LogP contribution in [0.4, 0.5) is 0 Å². The molecule has 2 aliphatic heterocycles. The van der Waals surface area contributed by atoms with Crippen LogP contribution in [0.15, 0.2) is 9.98 Å². The molecular formula is C27H50N2O2. The van der Waals surface area contributed by atoms with Crippen LogP contribution in [0, 0.1) is 11.8 Å². The second-order valence-corrected chi connectivity index (χ2v) is 10.8. The molecule has 2 aliphatic rings. The van der Waals surface area contributed by atoms with Crippen molar-refractivity contribution in [3.05, 3.63) is 0 Å². The van der Waals surface area contributed by atoms with Crippen LogP contribution in [0.25, 0.3) is 0 Å². The first-order chi connectivity index (χ1) is 14.7. The van der Waals surface area contributed by atoms with E-state index in [4.69, 9.17) is 19.5 Å². The van der Waals surface area contributed by atoms with Gasteiger partial charge >= 0.3 is 0 Å². The first-order valence-corrected chi connectivity index (χ1v) is 13.2. The molecule has 31 heavy (non-hydrogen) atoms. The summed E-state index contributed by atoms with van der Waals surface area (Å²) < 4.78 is 13.4. The molecule has 0 aromatic rings. The third kappa shape index (κ3) is 6.48. The Hall–Kier alpha value is -1.06.